The minimum absolute atomic E-state index is 0.411. The lowest BCUT2D eigenvalue weighted by Gasteiger charge is -2.21. The van der Waals surface area contributed by atoms with Gasteiger partial charge in [-0.05, 0) is 18.3 Å². The number of rotatable bonds is 5. The average Bonchev–Trinajstić information content (AvgIpc) is 2.68. The smallest absolute Gasteiger partial charge is 0.0892 e. The molecule has 1 nitrogen and oxygen atoms in total. The Morgan fingerprint density at radius 1 is 1.17 bits per heavy atom. The normalized spacial score (nSPS) is 29.0. The van der Waals surface area contributed by atoms with Crippen LogP contribution in [0.25, 0.3) is 0 Å². The number of hydrogen-bond donors (Lipinski definition) is 0. The van der Waals surface area contributed by atoms with Crippen LogP contribution >= 0.6 is 0 Å². The highest BCUT2D eigenvalue weighted by molar-refractivity contribution is 4.95. The maximum atomic E-state index is 5.67. The van der Waals surface area contributed by atoms with Gasteiger partial charge in [0.25, 0.3) is 0 Å². The second-order valence-corrected chi connectivity index (χ2v) is 4.62. The lowest BCUT2D eigenvalue weighted by atomic mass is 9.82. The fraction of sp³-hybridized carbons (Fsp3) is 1.00. The van der Waals surface area contributed by atoms with Crippen molar-refractivity contribution < 1.29 is 4.74 Å². The van der Waals surface area contributed by atoms with Gasteiger partial charge in [-0.15, -0.1) is 0 Å². The molecule has 1 heterocycles. The van der Waals surface area contributed by atoms with Crippen LogP contribution in [0.1, 0.15) is 53.4 Å². The Morgan fingerprint density at radius 2 is 1.83 bits per heavy atom. The minimum Gasteiger partial charge on any atom is -0.369 e. The van der Waals surface area contributed by atoms with E-state index in [4.69, 9.17) is 4.74 Å². The molecule has 0 aromatic rings. The predicted molar refractivity (Wildman–Crippen MR) is 52.3 cm³/mol. The zero-order chi connectivity index (χ0) is 9.19. The molecule has 0 amide bonds. The quantitative estimate of drug-likeness (QED) is 0.576. The molecule has 0 aromatic heterocycles. The summed E-state index contributed by atoms with van der Waals surface area (Å²) in [6, 6.07) is 0. The summed E-state index contributed by atoms with van der Waals surface area (Å²) in [5, 5.41) is 0. The number of ether oxygens (including phenoxy) is 1. The molecule has 1 rings (SSSR count). The van der Waals surface area contributed by atoms with Crippen molar-refractivity contribution in [2.45, 2.75) is 65.6 Å². The highest BCUT2D eigenvalue weighted by atomic mass is 16.6. The Bertz CT molecular complexity index is 140. The van der Waals surface area contributed by atoms with Gasteiger partial charge >= 0.3 is 0 Å². The lowest BCUT2D eigenvalue weighted by molar-refractivity contribution is 0.223. The molecule has 0 saturated carbocycles. The van der Waals surface area contributed by atoms with E-state index in [0.717, 1.165) is 0 Å². The first kappa shape index (κ1) is 10.0. The van der Waals surface area contributed by atoms with E-state index in [9.17, 15) is 0 Å². The van der Waals surface area contributed by atoms with Crippen LogP contribution in [-0.2, 0) is 4.74 Å². The van der Waals surface area contributed by atoms with Crippen molar-refractivity contribution in [1.29, 1.82) is 0 Å². The van der Waals surface area contributed by atoms with Gasteiger partial charge in [0.1, 0.15) is 0 Å². The lowest BCUT2D eigenvalue weighted by Crippen LogP contribution is -2.20. The third-order valence-electron chi connectivity index (χ3n) is 2.82. The third-order valence-corrected chi connectivity index (χ3v) is 2.82. The first-order chi connectivity index (χ1) is 5.61. The molecule has 1 fully saturated rings. The fourth-order valence-electron chi connectivity index (χ4n) is 2.12. The summed E-state index contributed by atoms with van der Waals surface area (Å²) in [4.78, 5) is 0. The molecule has 1 aliphatic heterocycles. The number of epoxide rings is 1. The second kappa shape index (κ2) is 3.78. The summed E-state index contributed by atoms with van der Waals surface area (Å²) >= 11 is 0. The third kappa shape index (κ3) is 2.22. The highest BCUT2D eigenvalue weighted by Crippen LogP contribution is 2.43. The zero-order valence-electron chi connectivity index (χ0n) is 8.89. The Hall–Kier alpha value is -0.0400. The maximum Gasteiger partial charge on any atom is 0.0892 e. The summed E-state index contributed by atoms with van der Waals surface area (Å²) in [5.74, 6) is 0. The van der Waals surface area contributed by atoms with Crippen molar-refractivity contribution in [3.05, 3.63) is 0 Å². The molecule has 72 valence electrons. The number of hydrogen-bond acceptors (Lipinski definition) is 1. The predicted octanol–water partition coefficient (Wildman–Crippen LogP) is 3.38. The Labute approximate surface area is 76.5 Å². The molecule has 0 radical (unpaired) electrons. The largest absolute Gasteiger partial charge is 0.369 e. The first-order valence-corrected chi connectivity index (χ1v) is 5.27. The molecule has 0 aromatic carbocycles. The van der Waals surface area contributed by atoms with Gasteiger partial charge in [-0.25, -0.2) is 0 Å². The van der Waals surface area contributed by atoms with Gasteiger partial charge < -0.3 is 4.74 Å². The standard InChI is InChI=1S/C11H22O/c1-5-7-9-10(12-9)11(3,4)8-6-2/h9-10H,5-8H2,1-4H3. The molecule has 0 spiro atoms. The molecule has 0 bridgehead atoms. The van der Waals surface area contributed by atoms with E-state index >= 15 is 0 Å². The first-order valence-electron chi connectivity index (χ1n) is 5.27. The molecular weight excluding hydrogens is 148 g/mol. The van der Waals surface area contributed by atoms with E-state index in [1.807, 2.05) is 0 Å². The van der Waals surface area contributed by atoms with Gasteiger partial charge in [-0.1, -0.05) is 40.5 Å². The van der Waals surface area contributed by atoms with Crippen LogP contribution in [0.3, 0.4) is 0 Å². The van der Waals surface area contributed by atoms with Crippen molar-refractivity contribution in [2.24, 2.45) is 5.41 Å². The summed E-state index contributed by atoms with van der Waals surface area (Å²) in [6.07, 6.45) is 6.19. The van der Waals surface area contributed by atoms with Gasteiger partial charge in [0.2, 0.25) is 0 Å². The van der Waals surface area contributed by atoms with Gasteiger partial charge in [-0.2, -0.15) is 0 Å². The molecule has 0 N–H and O–H groups in total. The Morgan fingerprint density at radius 3 is 2.33 bits per heavy atom. The molecule has 1 saturated heterocycles. The van der Waals surface area contributed by atoms with Crippen molar-refractivity contribution >= 4 is 0 Å². The SMILES string of the molecule is CCCC1OC1C(C)(C)CCC. The van der Waals surface area contributed by atoms with E-state index in [1.165, 1.54) is 25.7 Å². The van der Waals surface area contributed by atoms with Crippen molar-refractivity contribution in [3.63, 3.8) is 0 Å². The second-order valence-electron chi connectivity index (χ2n) is 4.62. The van der Waals surface area contributed by atoms with E-state index in [1.54, 1.807) is 0 Å². The van der Waals surface area contributed by atoms with Crippen LogP contribution < -0.4 is 0 Å². The molecular formula is C11H22O. The molecule has 0 aliphatic carbocycles. The minimum atomic E-state index is 0.411. The molecule has 1 aliphatic rings. The van der Waals surface area contributed by atoms with E-state index in [2.05, 4.69) is 27.7 Å². The monoisotopic (exact) mass is 170 g/mol. The molecule has 2 unspecified atom stereocenters. The van der Waals surface area contributed by atoms with Gasteiger partial charge in [0.05, 0.1) is 12.2 Å². The Kier molecular flexibility index (Phi) is 3.16. The molecule has 2 atom stereocenters. The van der Waals surface area contributed by atoms with Crippen LogP contribution in [0.2, 0.25) is 0 Å². The van der Waals surface area contributed by atoms with Crippen LogP contribution in [-0.4, -0.2) is 12.2 Å². The van der Waals surface area contributed by atoms with Crippen LogP contribution in [0.4, 0.5) is 0 Å². The van der Waals surface area contributed by atoms with Crippen LogP contribution in [0.5, 0.6) is 0 Å². The van der Waals surface area contributed by atoms with Gasteiger partial charge in [-0.3, -0.25) is 0 Å². The summed E-state index contributed by atoms with van der Waals surface area (Å²) in [7, 11) is 0. The van der Waals surface area contributed by atoms with Gasteiger partial charge in [0, 0.05) is 0 Å². The van der Waals surface area contributed by atoms with Crippen LogP contribution in [0.15, 0.2) is 0 Å². The topological polar surface area (TPSA) is 12.5 Å². The van der Waals surface area contributed by atoms with Crippen LogP contribution in [0, 0.1) is 5.41 Å². The Balaban J connectivity index is 2.30. The molecule has 12 heavy (non-hydrogen) atoms. The summed E-state index contributed by atoms with van der Waals surface area (Å²) in [6.45, 7) is 9.14. The maximum absolute atomic E-state index is 5.67. The van der Waals surface area contributed by atoms with E-state index < -0.39 is 0 Å². The summed E-state index contributed by atoms with van der Waals surface area (Å²) in [5.41, 5.74) is 0.411. The summed E-state index contributed by atoms with van der Waals surface area (Å²) < 4.78 is 5.67. The molecule has 1 heteroatoms. The average molecular weight is 170 g/mol. The van der Waals surface area contributed by atoms with Crippen molar-refractivity contribution in [3.8, 4) is 0 Å². The van der Waals surface area contributed by atoms with E-state index in [0.29, 0.717) is 17.6 Å². The van der Waals surface area contributed by atoms with Crippen molar-refractivity contribution in [2.75, 3.05) is 0 Å². The zero-order valence-corrected chi connectivity index (χ0v) is 8.89. The van der Waals surface area contributed by atoms with Crippen molar-refractivity contribution in [1.82, 2.24) is 0 Å². The fourth-order valence-corrected chi connectivity index (χ4v) is 2.12. The van der Waals surface area contributed by atoms with Gasteiger partial charge in [0.15, 0.2) is 0 Å². The highest BCUT2D eigenvalue weighted by Gasteiger charge is 2.47. The van der Waals surface area contributed by atoms with E-state index in [-0.39, 0.29) is 0 Å².